The first-order valence-electron chi connectivity index (χ1n) is 9.25. The van der Waals surface area contributed by atoms with Crippen molar-refractivity contribution in [3.8, 4) is 0 Å². The first-order valence-corrected chi connectivity index (χ1v) is 9.25. The van der Waals surface area contributed by atoms with Crippen molar-refractivity contribution in [3.05, 3.63) is 23.8 Å². The second-order valence-electron chi connectivity index (χ2n) is 7.87. The summed E-state index contributed by atoms with van der Waals surface area (Å²) in [6, 6.07) is -0.00695. The van der Waals surface area contributed by atoms with Gasteiger partial charge in [0.15, 0.2) is 0 Å². The van der Waals surface area contributed by atoms with Crippen LogP contribution in [0.5, 0.6) is 0 Å². The molecule has 140 valence electrons. The van der Waals surface area contributed by atoms with Crippen LogP contribution >= 0.6 is 0 Å². The lowest BCUT2D eigenvalue weighted by Gasteiger charge is -2.27. The van der Waals surface area contributed by atoms with E-state index in [1.807, 2.05) is 4.90 Å². The molecular formula is C19H25N3O4. The summed E-state index contributed by atoms with van der Waals surface area (Å²) in [4.78, 5) is 38.5. The van der Waals surface area contributed by atoms with Crippen molar-refractivity contribution in [2.24, 2.45) is 11.3 Å². The highest BCUT2D eigenvalue weighted by Gasteiger charge is 2.61. The van der Waals surface area contributed by atoms with E-state index in [-0.39, 0.29) is 35.5 Å². The second kappa shape index (κ2) is 6.14. The fourth-order valence-electron chi connectivity index (χ4n) is 4.56. The Morgan fingerprint density at radius 3 is 2.77 bits per heavy atom. The van der Waals surface area contributed by atoms with E-state index in [1.54, 1.807) is 11.8 Å². The largest absolute Gasteiger partial charge is 0.442 e. The summed E-state index contributed by atoms with van der Waals surface area (Å²) in [5.41, 5.74) is 1.46. The van der Waals surface area contributed by atoms with Crippen LogP contribution in [0.25, 0.3) is 0 Å². The van der Waals surface area contributed by atoms with Gasteiger partial charge in [0, 0.05) is 32.4 Å². The molecule has 0 aromatic rings. The second-order valence-corrected chi connectivity index (χ2v) is 7.87. The van der Waals surface area contributed by atoms with Crippen molar-refractivity contribution in [1.29, 1.82) is 0 Å². The summed E-state index contributed by atoms with van der Waals surface area (Å²) in [6.45, 7) is 5.61. The number of amides is 3. The van der Waals surface area contributed by atoms with Crippen LogP contribution in [-0.2, 0) is 14.3 Å². The molecule has 0 spiro atoms. The molecule has 2 heterocycles. The average Bonchev–Trinajstić information content (AvgIpc) is 2.98. The van der Waals surface area contributed by atoms with Gasteiger partial charge in [-0.2, -0.15) is 0 Å². The Bertz CT molecular complexity index is 716. The maximum Gasteiger partial charge on any atom is 0.410 e. The zero-order valence-corrected chi connectivity index (χ0v) is 15.2. The number of hydrogen-bond donors (Lipinski definition) is 1. The number of piperidine rings is 1. The quantitative estimate of drug-likeness (QED) is 0.814. The zero-order valence-electron chi connectivity index (χ0n) is 15.2. The number of nitrogens with one attached hydrogen (secondary N) is 1. The third kappa shape index (κ3) is 2.89. The molecule has 2 aliphatic heterocycles. The number of hydrogen-bond acceptors (Lipinski definition) is 4. The fourth-order valence-corrected chi connectivity index (χ4v) is 4.56. The number of nitrogens with zero attached hydrogens (tertiary/aromatic N) is 2. The van der Waals surface area contributed by atoms with E-state index in [9.17, 15) is 14.4 Å². The van der Waals surface area contributed by atoms with Gasteiger partial charge in [0.1, 0.15) is 6.10 Å². The minimum Gasteiger partial charge on any atom is -0.442 e. The zero-order chi connectivity index (χ0) is 18.5. The molecule has 1 N–H and O–H groups in total. The van der Waals surface area contributed by atoms with E-state index in [4.69, 9.17) is 4.74 Å². The number of likely N-dealkylation sites (tertiary alicyclic amines) is 1. The molecule has 0 aromatic carbocycles. The molecule has 3 amide bonds. The van der Waals surface area contributed by atoms with Gasteiger partial charge in [0.25, 0.3) is 0 Å². The van der Waals surface area contributed by atoms with Crippen LogP contribution in [0.2, 0.25) is 0 Å². The molecule has 2 saturated heterocycles. The molecule has 4 rings (SSSR count). The summed E-state index contributed by atoms with van der Waals surface area (Å²) in [6.07, 6.45) is 7.74. The summed E-state index contributed by atoms with van der Waals surface area (Å²) in [7, 11) is 0. The fraction of sp³-hybridized carbons (Fsp3) is 0.632. The molecule has 1 saturated carbocycles. The van der Waals surface area contributed by atoms with Gasteiger partial charge in [0.05, 0.1) is 19.1 Å². The Kier molecular flexibility index (Phi) is 4.04. The van der Waals surface area contributed by atoms with Crippen LogP contribution in [0, 0.1) is 11.3 Å². The maximum atomic E-state index is 12.1. The van der Waals surface area contributed by atoms with Gasteiger partial charge >= 0.3 is 6.09 Å². The molecule has 4 aliphatic rings. The number of rotatable bonds is 4. The molecule has 0 bridgehead atoms. The third-order valence-electron chi connectivity index (χ3n) is 6.12. The van der Waals surface area contributed by atoms with Gasteiger partial charge in [-0.05, 0) is 24.3 Å². The Labute approximate surface area is 153 Å². The van der Waals surface area contributed by atoms with Crippen molar-refractivity contribution in [3.63, 3.8) is 0 Å². The van der Waals surface area contributed by atoms with Gasteiger partial charge in [-0.3, -0.25) is 14.5 Å². The van der Waals surface area contributed by atoms with E-state index in [2.05, 4.69) is 23.5 Å². The highest BCUT2D eigenvalue weighted by molar-refractivity contribution is 5.75. The van der Waals surface area contributed by atoms with Crippen molar-refractivity contribution in [1.82, 2.24) is 15.1 Å². The molecule has 4 atom stereocenters. The molecule has 3 fully saturated rings. The number of carbonyl (C=O) groups excluding carboxylic acids is 3. The van der Waals surface area contributed by atoms with Gasteiger partial charge in [0.2, 0.25) is 11.8 Å². The van der Waals surface area contributed by atoms with Crippen molar-refractivity contribution in [2.45, 2.75) is 38.8 Å². The lowest BCUT2D eigenvalue weighted by atomic mass is 9.88. The average molecular weight is 359 g/mol. The van der Waals surface area contributed by atoms with E-state index >= 15 is 0 Å². The summed E-state index contributed by atoms with van der Waals surface area (Å²) >= 11 is 0. The Morgan fingerprint density at radius 1 is 1.35 bits per heavy atom. The summed E-state index contributed by atoms with van der Waals surface area (Å²) < 4.78 is 5.35. The minimum atomic E-state index is -0.321. The first-order chi connectivity index (χ1) is 12.4. The van der Waals surface area contributed by atoms with Crippen molar-refractivity contribution >= 4 is 17.9 Å². The number of ether oxygens (including phenoxy) is 1. The maximum absolute atomic E-state index is 12.1. The Hall–Kier alpha value is -2.31. The lowest BCUT2D eigenvalue weighted by molar-refractivity contribution is -0.128. The van der Waals surface area contributed by atoms with Crippen LogP contribution in [0.1, 0.15) is 26.7 Å². The predicted molar refractivity (Wildman–Crippen MR) is 94.1 cm³/mol. The highest BCUT2D eigenvalue weighted by atomic mass is 16.6. The monoisotopic (exact) mass is 359 g/mol. The topological polar surface area (TPSA) is 79.0 Å². The highest BCUT2D eigenvalue weighted by Crippen LogP contribution is 2.63. The predicted octanol–water partition coefficient (Wildman–Crippen LogP) is 1.07. The molecule has 7 heteroatoms. The molecule has 2 aliphatic carbocycles. The van der Waals surface area contributed by atoms with Crippen LogP contribution < -0.4 is 5.32 Å². The van der Waals surface area contributed by atoms with Crippen LogP contribution in [-0.4, -0.2) is 66.0 Å². The van der Waals surface area contributed by atoms with Gasteiger partial charge in [-0.1, -0.05) is 18.2 Å². The number of allylic oxidation sites excluding steroid dienone is 1. The van der Waals surface area contributed by atoms with Gasteiger partial charge in [-0.15, -0.1) is 0 Å². The normalized spacial score (nSPS) is 35.1. The molecule has 7 nitrogen and oxygen atoms in total. The molecule has 26 heavy (non-hydrogen) atoms. The Balaban J connectivity index is 1.36. The van der Waals surface area contributed by atoms with Crippen LogP contribution in [0.4, 0.5) is 4.79 Å². The third-order valence-corrected chi connectivity index (χ3v) is 6.12. The molecule has 1 unspecified atom stereocenters. The minimum absolute atomic E-state index is 0.00695. The van der Waals surface area contributed by atoms with E-state index in [0.29, 0.717) is 19.0 Å². The van der Waals surface area contributed by atoms with Crippen molar-refractivity contribution in [2.75, 3.05) is 26.2 Å². The Morgan fingerprint density at radius 2 is 2.15 bits per heavy atom. The molecule has 0 aromatic heterocycles. The van der Waals surface area contributed by atoms with Crippen LogP contribution in [0.3, 0.4) is 0 Å². The van der Waals surface area contributed by atoms with E-state index in [0.717, 1.165) is 25.9 Å². The molecular weight excluding hydrogens is 334 g/mol. The lowest BCUT2D eigenvalue weighted by Crippen LogP contribution is -2.38. The van der Waals surface area contributed by atoms with Crippen molar-refractivity contribution < 1.29 is 19.1 Å². The smallest absolute Gasteiger partial charge is 0.410 e. The number of fused-ring (bicyclic) bond motifs is 1. The number of cyclic esters (lactones) is 1. The summed E-state index contributed by atoms with van der Waals surface area (Å²) in [5, 5.41) is 2.69. The SMILES string of the molecule is CC(=O)NC[C@H]1CN(C2C=CC([C@@]34C[C@@H]3CN(C(C)=O)C4)=CC2)C(=O)O1. The van der Waals surface area contributed by atoms with Gasteiger partial charge in [-0.25, -0.2) is 4.79 Å². The first kappa shape index (κ1) is 17.1. The summed E-state index contributed by atoms with van der Waals surface area (Å²) in [5.74, 6) is 0.608. The molecule has 0 radical (unpaired) electrons. The van der Waals surface area contributed by atoms with Crippen LogP contribution in [0.15, 0.2) is 23.8 Å². The number of carbonyl (C=O) groups is 3. The van der Waals surface area contributed by atoms with E-state index in [1.165, 1.54) is 12.5 Å². The standard InChI is InChI=1S/C19H25N3O4/c1-12(23)20-8-17-10-22(18(25)26-17)16-5-3-14(4-6-16)19-7-15(19)9-21(11-19)13(2)24/h3-5,15-17H,6-11H2,1-2H3,(H,20,23)/t15-,16?,17+,19+/m1/s1. The van der Waals surface area contributed by atoms with E-state index < -0.39 is 0 Å². The van der Waals surface area contributed by atoms with Gasteiger partial charge < -0.3 is 15.0 Å².